The van der Waals surface area contributed by atoms with Gasteiger partial charge in [-0.25, -0.2) is 14.4 Å². The maximum atomic E-state index is 12.5. The molecule has 0 saturated heterocycles. The number of carbonyl (C=O) groups is 3. The molecule has 2 N–H and O–H groups in total. The van der Waals surface area contributed by atoms with Crippen LogP contribution in [0.15, 0.2) is 54.6 Å². The maximum absolute atomic E-state index is 12.5. The van der Waals surface area contributed by atoms with Crippen LogP contribution >= 0.6 is 0 Å². The zero-order valence-corrected chi connectivity index (χ0v) is 17.0. The van der Waals surface area contributed by atoms with E-state index in [1.165, 1.54) is 0 Å². The minimum atomic E-state index is -1.87. The highest BCUT2D eigenvalue weighted by atomic mass is 16.6. The van der Waals surface area contributed by atoms with Crippen molar-refractivity contribution in [2.24, 2.45) is 0 Å². The highest BCUT2D eigenvalue weighted by Crippen LogP contribution is 2.29. The lowest BCUT2D eigenvalue weighted by Crippen LogP contribution is -2.48. The molecule has 0 heterocycles. The van der Waals surface area contributed by atoms with Gasteiger partial charge in [-0.2, -0.15) is 0 Å². The lowest BCUT2D eigenvalue weighted by Gasteiger charge is -2.21. The molecular formula is C23H23NO6. The molecule has 1 atom stereocenters. The van der Waals surface area contributed by atoms with E-state index in [9.17, 15) is 19.5 Å². The van der Waals surface area contributed by atoms with E-state index in [1.54, 1.807) is 20.8 Å². The summed E-state index contributed by atoms with van der Waals surface area (Å²) in [5, 5.41) is 15.2. The van der Waals surface area contributed by atoms with Crippen molar-refractivity contribution < 1.29 is 29.0 Å². The number of amides is 1. The SMILES string of the molecule is CC(C)(C)OC(=O)NC(C(=O)O)C(=O)OCc1c2ccccc2cc2ccccc12. The molecule has 156 valence electrons. The third kappa shape index (κ3) is 4.86. The molecule has 0 aliphatic carbocycles. The number of alkyl carbamates (subject to hydrolysis) is 1. The van der Waals surface area contributed by atoms with E-state index in [2.05, 4.69) is 0 Å². The molecule has 0 aromatic heterocycles. The molecule has 0 aliphatic rings. The van der Waals surface area contributed by atoms with Crippen molar-refractivity contribution in [2.75, 3.05) is 0 Å². The van der Waals surface area contributed by atoms with Crippen LogP contribution in [0.5, 0.6) is 0 Å². The molecular weight excluding hydrogens is 386 g/mol. The molecule has 7 heteroatoms. The van der Waals surface area contributed by atoms with Gasteiger partial charge in [0, 0.05) is 5.56 Å². The monoisotopic (exact) mass is 409 g/mol. The van der Waals surface area contributed by atoms with Crippen molar-refractivity contribution >= 4 is 39.6 Å². The molecule has 1 unspecified atom stereocenters. The summed E-state index contributed by atoms with van der Waals surface area (Å²) >= 11 is 0. The number of fused-ring (bicyclic) bond motifs is 2. The zero-order chi connectivity index (χ0) is 21.9. The Labute approximate surface area is 173 Å². The number of esters is 1. The first kappa shape index (κ1) is 21.1. The van der Waals surface area contributed by atoms with Crippen molar-refractivity contribution in [3.05, 3.63) is 60.2 Å². The van der Waals surface area contributed by atoms with E-state index in [4.69, 9.17) is 9.47 Å². The summed E-state index contributed by atoms with van der Waals surface area (Å²) in [5.41, 5.74) is -0.0720. The summed E-state index contributed by atoms with van der Waals surface area (Å²) in [6.07, 6.45) is -1.01. The first-order chi connectivity index (χ1) is 14.2. The number of nitrogens with one attached hydrogen (secondary N) is 1. The number of aliphatic carboxylic acids is 1. The average molecular weight is 409 g/mol. The summed E-state index contributed by atoms with van der Waals surface area (Å²) in [4.78, 5) is 35.9. The zero-order valence-electron chi connectivity index (χ0n) is 17.0. The van der Waals surface area contributed by atoms with Crippen LogP contribution in [0, 0.1) is 0 Å². The maximum Gasteiger partial charge on any atom is 0.408 e. The fraction of sp³-hybridized carbons (Fsp3) is 0.261. The lowest BCUT2D eigenvalue weighted by molar-refractivity contribution is -0.156. The van der Waals surface area contributed by atoms with Crippen molar-refractivity contribution in [3.8, 4) is 0 Å². The average Bonchev–Trinajstić information content (AvgIpc) is 2.67. The summed E-state index contributed by atoms with van der Waals surface area (Å²) in [6, 6.07) is 15.5. The van der Waals surface area contributed by atoms with Gasteiger partial charge in [0.15, 0.2) is 0 Å². The van der Waals surface area contributed by atoms with E-state index in [-0.39, 0.29) is 6.61 Å². The number of hydrogen-bond donors (Lipinski definition) is 2. The number of rotatable bonds is 5. The number of carboxylic acid groups (broad SMARTS) is 1. The minimum Gasteiger partial charge on any atom is -0.479 e. The van der Waals surface area contributed by atoms with Gasteiger partial charge in [0.25, 0.3) is 0 Å². The van der Waals surface area contributed by atoms with Crippen LogP contribution in [0.25, 0.3) is 21.5 Å². The van der Waals surface area contributed by atoms with Crippen molar-refractivity contribution in [1.29, 1.82) is 0 Å². The van der Waals surface area contributed by atoms with Crippen molar-refractivity contribution in [2.45, 2.75) is 39.0 Å². The van der Waals surface area contributed by atoms with Crippen LogP contribution in [-0.4, -0.2) is 34.8 Å². The van der Waals surface area contributed by atoms with Crippen LogP contribution in [0.4, 0.5) is 4.79 Å². The van der Waals surface area contributed by atoms with Crippen molar-refractivity contribution in [1.82, 2.24) is 5.32 Å². The molecule has 0 spiro atoms. The predicted molar refractivity (Wildman–Crippen MR) is 112 cm³/mol. The van der Waals surface area contributed by atoms with Gasteiger partial charge in [0.05, 0.1) is 0 Å². The van der Waals surface area contributed by atoms with Gasteiger partial charge in [0.1, 0.15) is 12.2 Å². The van der Waals surface area contributed by atoms with E-state index in [1.807, 2.05) is 59.9 Å². The summed E-state index contributed by atoms with van der Waals surface area (Å²) in [6.45, 7) is 4.76. The molecule has 7 nitrogen and oxygen atoms in total. The highest BCUT2D eigenvalue weighted by Gasteiger charge is 2.32. The quantitative estimate of drug-likeness (QED) is 0.375. The Morgan fingerprint density at radius 1 is 0.967 bits per heavy atom. The number of carbonyl (C=O) groups excluding carboxylic acids is 2. The number of hydrogen-bond acceptors (Lipinski definition) is 5. The van der Waals surface area contributed by atoms with Gasteiger partial charge >= 0.3 is 18.0 Å². The molecule has 0 radical (unpaired) electrons. The van der Waals surface area contributed by atoms with Crippen LogP contribution in [0.2, 0.25) is 0 Å². The molecule has 3 aromatic rings. The van der Waals surface area contributed by atoms with Gasteiger partial charge < -0.3 is 14.6 Å². The van der Waals surface area contributed by atoms with E-state index in [0.29, 0.717) is 0 Å². The van der Waals surface area contributed by atoms with E-state index >= 15 is 0 Å². The lowest BCUT2D eigenvalue weighted by atomic mass is 9.97. The van der Waals surface area contributed by atoms with E-state index in [0.717, 1.165) is 27.1 Å². The third-order valence-electron chi connectivity index (χ3n) is 4.39. The molecule has 0 bridgehead atoms. The number of benzene rings is 3. The first-order valence-electron chi connectivity index (χ1n) is 9.44. The standard InChI is InChI=1S/C23H23NO6/c1-23(2,3)30-22(28)24-19(20(25)26)21(27)29-13-18-16-10-6-4-8-14(16)12-15-9-5-7-11-17(15)18/h4-12,19H,13H2,1-3H3,(H,24,28)(H,25,26). The molecule has 30 heavy (non-hydrogen) atoms. The number of carboxylic acids is 1. The molecule has 3 rings (SSSR count). The molecule has 3 aromatic carbocycles. The van der Waals surface area contributed by atoms with Crippen molar-refractivity contribution in [3.63, 3.8) is 0 Å². The summed E-state index contributed by atoms with van der Waals surface area (Å²) in [7, 11) is 0. The Balaban J connectivity index is 1.84. The number of ether oxygens (including phenoxy) is 2. The molecule has 1 amide bonds. The first-order valence-corrected chi connectivity index (χ1v) is 9.44. The van der Waals surface area contributed by atoms with Gasteiger partial charge in [-0.15, -0.1) is 0 Å². The van der Waals surface area contributed by atoms with Crippen LogP contribution in [-0.2, 0) is 25.7 Å². The van der Waals surface area contributed by atoms with Gasteiger partial charge in [-0.1, -0.05) is 48.5 Å². The third-order valence-corrected chi connectivity index (χ3v) is 4.39. The smallest absolute Gasteiger partial charge is 0.408 e. The predicted octanol–water partition coefficient (Wildman–Crippen LogP) is 4.01. The second kappa shape index (κ2) is 8.41. The van der Waals surface area contributed by atoms with Gasteiger partial charge in [-0.3, -0.25) is 5.32 Å². The molecule has 0 aliphatic heterocycles. The Kier molecular flexibility index (Phi) is 5.91. The van der Waals surface area contributed by atoms with Crippen LogP contribution in [0.1, 0.15) is 26.3 Å². The Morgan fingerprint density at radius 2 is 1.50 bits per heavy atom. The normalized spacial score (nSPS) is 12.4. The van der Waals surface area contributed by atoms with Crippen LogP contribution in [0.3, 0.4) is 0 Å². The van der Waals surface area contributed by atoms with E-state index < -0.39 is 29.7 Å². The minimum absolute atomic E-state index is 0.138. The highest BCUT2D eigenvalue weighted by molar-refractivity contribution is 6.03. The van der Waals surface area contributed by atoms with Crippen LogP contribution < -0.4 is 5.32 Å². The second-order valence-corrected chi connectivity index (χ2v) is 7.82. The van der Waals surface area contributed by atoms with Gasteiger partial charge in [0.2, 0.25) is 6.04 Å². The largest absolute Gasteiger partial charge is 0.479 e. The van der Waals surface area contributed by atoms with Gasteiger partial charge in [-0.05, 0) is 48.4 Å². The molecule has 0 saturated carbocycles. The topological polar surface area (TPSA) is 102 Å². The molecule has 0 fully saturated rings. The summed E-state index contributed by atoms with van der Waals surface area (Å²) < 4.78 is 10.3. The fourth-order valence-corrected chi connectivity index (χ4v) is 3.14. The second-order valence-electron chi connectivity index (χ2n) is 7.82. The summed E-state index contributed by atoms with van der Waals surface area (Å²) in [5.74, 6) is -2.61. The Bertz CT molecular complexity index is 1060. The Morgan fingerprint density at radius 3 is 2.00 bits per heavy atom. The fourth-order valence-electron chi connectivity index (χ4n) is 3.14. The Hall–Kier alpha value is -3.61.